The molecule has 1 aromatic rings. The summed E-state index contributed by atoms with van der Waals surface area (Å²) in [4.78, 5) is 0. The molecule has 20 heavy (non-hydrogen) atoms. The molecule has 0 spiro atoms. The van der Waals surface area contributed by atoms with Gasteiger partial charge in [-0.25, -0.2) is 0 Å². The summed E-state index contributed by atoms with van der Waals surface area (Å²) in [5.41, 5.74) is 3.96. The number of rotatable bonds is 2. The minimum Gasteiger partial charge on any atom is -0.308 e. The van der Waals surface area contributed by atoms with Gasteiger partial charge in [0.25, 0.3) is 0 Å². The van der Waals surface area contributed by atoms with Crippen LogP contribution in [0.25, 0.3) is 0 Å². The molecular formula is C19H29N. The standard InChI is InChI=1S/C19H29N/c1-18(2)12-9-15(10-13-18)16-7-4-5-8-17(16)19(3)11-6-14-20-19/h4-5,7-8,15,20H,6,9-14H2,1-3H3. The molecule has 1 N–H and O–H groups in total. The predicted molar refractivity (Wildman–Crippen MR) is 86.0 cm³/mol. The molecule has 1 atom stereocenters. The van der Waals surface area contributed by atoms with Crippen molar-refractivity contribution in [2.45, 2.75) is 70.8 Å². The van der Waals surface area contributed by atoms with Crippen LogP contribution in [-0.2, 0) is 5.54 Å². The molecule has 110 valence electrons. The van der Waals surface area contributed by atoms with Gasteiger partial charge in [-0.2, -0.15) is 0 Å². The fraction of sp³-hybridized carbons (Fsp3) is 0.684. The van der Waals surface area contributed by atoms with E-state index in [0.29, 0.717) is 5.41 Å². The van der Waals surface area contributed by atoms with Gasteiger partial charge in [-0.15, -0.1) is 0 Å². The highest BCUT2D eigenvalue weighted by molar-refractivity contribution is 5.37. The van der Waals surface area contributed by atoms with Crippen LogP contribution >= 0.6 is 0 Å². The molecule has 1 saturated heterocycles. The zero-order valence-electron chi connectivity index (χ0n) is 13.3. The number of benzene rings is 1. The second-order valence-electron chi connectivity index (χ2n) is 7.89. The Morgan fingerprint density at radius 2 is 1.70 bits per heavy atom. The minimum atomic E-state index is 0.212. The Morgan fingerprint density at radius 3 is 2.35 bits per heavy atom. The van der Waals surface area contributed by atoms with Gasteiger partial charge in [-0.3, -0.25) is 0 Å². The molecule has 1 aromatic carbocycles. The molecule has 1 aliphatic carbocycles. The van der Waals surface area contributed by atoms with Crippen LogP contribution in [0.2, 0.25) is 0 Å². The molecule has 1 nitrogen and oxygen atoms in total. The topological polar surface area (TPSA) is 12.0 Å². The lowest BCUT2D eigenvalue weighted by atomic mass is 9.69. The summed E-state index contributed by atoms with van der Waals surface area (Å²) >= 11 is 0. The fourth-order valence-electron chi connectivity index (χ4n) is 4.19. The van der Waals surface area contributed by atoms with E-state index in [-0.39, 0.29) is 5.54 Å². The highest BCUT2D eigenvalue weighted by Gasteiger charge is 2.35. The molecule has 0 radical (unpaired) electrons. The average molecular weight is 271 g/mol. The average Bonchev–Trinajstić information content (AvgIpc) is 2.87. The first-order chi connectivity index (χ1) is 9.50. The zero-order valence-corrected chi connectivity index (χ0v) is 13.3. The SMILES string of the molecule is CC1(C)CCC(c2ccccc2C2(C)CCCN2)CC1. The Hall–Kier alpha value is -0.820. The summed E-state index contributed by atoms with van der Waals surface area (Å²) in [6.45, 7) is 8.41. The molecule has 1 heterocycles. The lowest BCUT2D eigenvalue weighted by molar-refractivity contribution is 0.223. The van der Waals surface area contributed by atoms with Gasteiger partial charge >= 0.3 is 0 Å². The maximum atomic E-state index is 3.75. The molecule has 2 aliphatic rings. The van der Waals surface area contributed by atoms with Crippen molar-refractivity contribution in [3.63, 3.8) is 0 Å². The van der Waals surface area contributed by atoms with Crippen LogP contribution in [0.1, 0.15) is 76.3 Å². The van der Waals surface area contributed by atoms with E-state index < -0.39 is 0 Å². The Morgan fingerprint density at radius 1 is 1.00 bits per heavy atom. The molecule has 0 aromatic heterocycles. The monoisotopic (exact) mass is 271 g/mol. The maximum absolute atomic E-state index is 3.75. The summed E-state index contributed by atoms with van der Waals surface area (Å²) in [5.74, 6) is 0.776. The van der Waals surface area contributed by atoms with Crippen LogP contribution in [0.4, 0.5) is 0 Å². The Kier molecular flexibility index (Phi) is 3.66. The third-order valence-corrected chi connectivity index (χ3v) is 5.70. The molecule has 0 amide bonds. The van der Waals surface area contributed by atoms with Crippen molar-refractivity contribution in [1.29, 1.82) is 0 Å². The minimum absolute atomic E-state index is 0.212. The van der Waals surface area contributed by atoms with Crippen molar-refractivity contribution in [2.75, 3.05) is 6.54 Å². The fourth-order valence-corrected chi connectivity index (χ4v) is 4.19. The Balaban J connectivity index is 1.87. The number of hydrogen-bond acceptors (Lipinski definition) is 1. The first-order valence-corrected chi connectivity index (χ1v) is 8.35. The molecule has 1 aliphatic heterocycles. The van der Waals surface area contributed by atoms with E-state index in [4.69, 9.17) is 0 Å². The van der Waals surface area contributed by atoms with Crippen molar-refractivity contribution in [3.8, 4) is 0 Å². The Bertz CT molecular complexity index is 458. The lowest BCUT2D eigenvalue weighted by Crippen LogP contribution is -2.35. The molecule has 1 unspecified atom stereocenters. The first-order valence-electron chi connectivity index (χ1n) is 8.35. The van der Waals surface area contributed by atoms with E-state index in [1.807, 2.05) is 0 Å². The highest BCUT2D eigenvalue weighted by atomic mass is 15.0. The van der Waals surface area contributed by atoms with Crippen molar-refractivity contribution in [3.05, 3.63) is 35.4 Å². The zero-order chi connectivity index (χ0) is 14.2. The van der Waals surface area contributed by atoms with E-state index in [1.165, 1.54) is 45.1 Å². The van der Waals surface area contributed by atoms with Gasteiger partial charge in [0.05, 0.1) is 0 Å². The van der Waals surface area contributed by atoms with Gasteiger partial charge < -0.3 is 5.32 Å². The van der Waals surface area contributed by atoms with Gasteiger partial charge in [0.15, 0.2) is 0 Å². The maximum Gasteiger partial charge on any atom is 0.0409 e. The molecule has 1 saturated carbocycles. The quantitative estimate of drug-likeness (QED) is 0.801. The third-order valence-electron chi connectivity index (χ3n) is 5.70. The van der Waals surface area contributed by atoms with Crippen molar-refractivity contribution in [1.82, 2.24) is 5.32 Å². The first kappa shape index (κ1) is 14.1. The number of nitrogens with one attached hydrogen (secondary N) is 1. The largest absolute Gasteiger partial charge is 0.308 e. The van der Waals surface area contributed by atoms with E-state index >= 15 is 0 Å². The van der Waals surface area contributed by atoms with Crippen LogP contribution in [-0.4, -0.2) is 6.54 Å². The molecule has 0 bridgehead atoms. The second kappa shape index (κ2) is 5.18. The van der Waals surface area contributed by atoms with Gasteiger partial charge in [0.1, 0.15) is 0 Å². The summed E-state index contributed by atoms with van der Waals surface area (Å²) in [7, 11) is 0. The predicted octanol–water partition coefficient (Wildman–Crippen LogP) is 4.97. The Labute approximate surface area is 124 Å². The summed E-state index contributed by atoms with van der Waals surface area (Å²) in [6, 6.07) is 9.21. The lowest BCUT2D eigenvalue weighted by Gasteiger charge is -2.37. The summed E-state index contributed by atoms with van der Waals surface area (Å²) in [6.07, 6.45) is 8.05. The van der Waals surface area contributed by atoms with Crippen LogP contribution in [0.15, 0.2) is 24.3 Å². The van der Waals surface area contributed by atoms with Gasteiger partial charge in [0.2, 0.25) is 0 Å². The van der Waals surface area contributed by atoms with Crippen molar-refractivity contribution in [2.24, 2.45) is 5.41 Å². The summed E-state index contributed by atoms with van der Waals surface area (Å²) < 4.78 is 0. The van der Waals surface area contributed by atoms with Gasteiger partial charge in [-0.1, -0.05) is 38.1 Å². The highest BCUT2D eigenvalue weighted by Crippen LogP contribution is 2.45. The van der Waals surface area contributed by atoms with Crippen LogP contribution < -0.4 is 5.32 Å². The van der Waals surface area contributed by atoms with Crippen molar-refractivity contribution >= 4 is 0 Å². The third kappa shape index (κ3) is 2.65. The van der Waals surface area contributed by atoms with Gasteiger partial charge in [0, 0.05) is 5.54 Å². The number of hydrogen-bond donors (Lipinski definition) is 1. The van der Waals surface area contributed by atoms with Crippen LogP contribution in [0, 0.1) is 5.41 Å². The van der Waals surface area contributed by atoms with Crippen LogP contribution in [0.3, 0.4) is 0 Å². The van der Waals surface area contributed by atoms with E-state index in [0.717, 1.165) is 5.92 Å². The normalized spacial score (nSPS) is 30.6. The second-order valence-corrected chi connectivity index (χ2v) is 7.89. The molecule has 1 heteroatoms. The van der Waals surface area contributed by atoms with Gasteiger partial charge in [-0.05, 0) is 74.5 Å². The molecule has 2 fully saturated rings. The molecular weight excluding hydrogens is 242 g/mol. The summed E-state index contributed by atoms with van der Waals surface area (Å²) in [5, 5.41) is 3.75. The smallest absolute Gasteiger partial charge is 0.0409 e. The van der Waals surface area contributed by atoms with E-state index in [1.54, 1.807) is 11.1 Å². The van der Waals surface area contributed by atoms with E-state index in [2.05, 4.69) is 50.4 Å². The van der Waals surface area contributed by atoms with Crippen molar-refractivity contribution < 1.29 is 0 Å². The van der Waals surface area contributed by atoms with Crippen LogP contribution in [0.5, 0.6) is 0 Å². The van der Waals surface area contributed by atoms with E-state index in [9.17, 15) is 0 Å². The molecule has 3 rings (SSSR count).